The average Bonchev–Trinajstić information content (AvgIpc) is 3.05. The summed E-state index contributed by atoms with van der Waals surface area (Å²) >= 11 is 0. The number of benzene rings is 1. The lowest BCUT2D eigenvalue weighted by atomic mass is 9.87. The first kappa shape index (κ1) is 19.3. The van der Waals surface area contributed by atoms with Gasteiger partial charge in [-0.2, -0.15) is 0 Å². The number of ether oxygens (including phenoxy) is 1. The van der Waals surface area contributed by atoms with E-state index < -0.39 is 12.0 Å². The maximum absolute atomic E-state index is 12.8. The number of nitrogens with two attached hydrogens (primary N) is 1. The van der Waals surface area contributed by atoms with Gasteiger partial charge in [0.15, 0.2) is 6.10 Å². The second-order valence-corrected chi connectivity index (χ2v) is 7.91. The van der Waals surface area contributed by atoms with Crippen molar-refractivity contribution in [3.8, 4) is 5.75 Å². The van der Waals surface area contributed by atoms with E-state index in [-0.39, 0.29) is 23.9 Å². The molecule has 1 aromatic rings. The van der Waals surface area contributed by atoms with Crippen LogP contribution in [0.4, 0.5) is 0 Å². The molecular weight excluding hydrogens is 316 g/mol. The van der Waals surface area contributed by atoms with E-state index >= 15 is 0 Å². The normalized spacial score (nSPS) is 16.5. The van der Waals surface area contributed by atoms with Gasteiger partial charge in [-0.05, 0) is 42.9 Å². The maximum atomic E-state index is 12.8. The summed E-state index contributed by atoms with van der Waals surface area (Å²) in [5, 5.41) is 0. The molecular formula is C20H30N2O3. The molecule has 1 aliphatic carbocycles. The quantitative estimate of drug-likeness (QED) is 0.860. The highest BCUT2D eigenvalue weighted by Crippen LogP contribution is 2.26. The van der Waals surface area contributed by atoms with Crippen LogP contribution in [-0.4, -0.2) is 35.4 Å². The molecule has 0 heterocycles. The summed E-state index contributed by atoms with van der Waals surface area (Å²) in [6, 6.07) is 7.90. The molecule has 5 heteroatoms. The van der Waals surface area contributed by atoms with Crippen LogP contribution in [0.15, 0.2) is 24.3 Å². The van der Waals surface area contributed by atoms with E-state index in [1.165, 1.54) is 5.56 Å². The van der Waals surface area contributed by atoms with Crippen molar-refractivity contribution in [2.45, 2.75) is 70.9 Å². The van der Waals surface area contributed by atoms with Crippen LogP contribution in [-0.2, 0) is 15.0 Å². The third-order valence-electron chi connectivity index (χ3n) is 4.76. The van der Waals surface area contributed by atoms with Crippen LogP contribution in [0.5, 0.6) is 5.75 Å². The van der Waals surface area contributed by atoms with Crippen molar-refractivity contribution in [2.75, 3.05) is 6.54 Å². The fourth-order valence-electron chi connectivity index (χ4n) is 3.29. The van der Waals surface area contributed by atoms with Crippen molar-refractivity contribution in [2.24, 2.45) is 5.73 Å². The van der Waals surface area contributed by atoms with Crippen LogP contribution >= 0.6 is 0 Å². The first-order valence-corrected chi connectivity index (χ1v) is 9.04. The molecule has 0 aromatic heterocycles. The van der Waals surface area contributed by atoms with E-state index in [2.05, 4.69) is 20.8 Å². The van der Waals surface area contributed by atoms with Crippen LogP contribution in [0.25, 0.3) is 0 Å². The van der Waals surface area contributed by atoms with Gasteiger partial charge in [0.1, 0.15) is 5.75 Å². The van der Waals surface area contributed by atoms with Crippen molar-refractivity contribution in [3.05, 3.63) is 29.8 Å². The number of nitrogens with zero attached hydrogens (tertiary/aromatic N) is 1. The standard InChI is InChI=1S/C20H30N2O3/c1-14(25-17-11-9-15(10-12-17)20(2,3)4)19(24)22(13-18(21)23)16-7-5-6-8-16/h9-12,14,16H,5-8,13H2,1-4H3,(H2,21,23). The minimum Gasteiger partial charge on any atom is -0.481 e. The summed E-state index contributed by atoms with van der Waals surface area (Å²) in [6.07, 6.45) is 3.35. The minimum atomic E-state index is -0.652. The van der Waals surface area contributed by atoms with Gasteiger partial charge in [0.2, 0.25) is 5.91 Å². The SMILES string of the molecule is CC(Oc1ccc(C(C)(C)C)cc1)C(=O)N(CC(N)=O)C1CCCC1. The van der Waals surface area contributed by atoms with E-state index in [9.17, 15) is 9.59 Å². The molecule has 1 atom stereocenters. The predicted molar refractivity (Wildman–Crippen MR) is 98.4 cm³/mol. The van der Waals surface area contributed by atoms with Crippen LogP contribution in [0, 0.1) is 0 Å². The molecule has 0 radical (unpaired) electrons. The summed E-state index contributed by atoms with van der Waals surface area (Å²) in [5.74, 6) is -0.00752. The number of amides is 2. The lowest BCUT2D eigenvalue weighted by Crippen LogP contribution is -2.49. The largest absolute Gasteiger partial charge is 0.481 e. The summed E-state index contributed by atoms with van der Waals surface area (Å²) in [7, 11) is 0. The Balaban J connectivity index is 2.05. The molecule has 0 saturated heterocycles. The molecule has 5 nitrogen and oxygen atoms in total. The molecule has 2 amide bonds. The second-order valence-electron chi connectivity index (χ2n) is 7.91. The molecule has 0 aliphatic heterocycles. The summed E-state index contributed by atoms with van der Waals surface area (Å²) in [4.78, 5) is 25.8. The summed E-state index contributed by atoms with van der Waals surface area (Å²) < 4.78 is 5.82. The maximum Gasteiger partial charge on any atom is 0.264 e. The second kappa shape index (κ2) is 7.89. The monoisotopic (exact) mass is 346 g/mol. The van der Waals surface area contributed by atoms with Crippen LogP contribution in [0.2, 0.25) is 0 Å². The highest BCUT2D eigenvalue weighted by atomic mass is 16.5. The Morgan fingerprint density at radius 2 is 1.76 bits per heavy atom. The van der Waals surface area contributed by atoms with Gasteiger partial charge in [0, 0.05) is 6.04 Å². The zero-order chi connectivity index (χ0) is 18.6. The topological polar surface area (TPSA) is 72.6 Å². The molecule has 1 saturated carbocycles. The minimum absolute atomic E-state index is 0.0415. The number of hydrogen-bond donors (Lipinski definition) is 1. The van der Waals surface area contributed by atoms with Crippen LogP contribution < -0.4 is 10.5 Å². The molecule has 2 N–H and O–H groups in total. The smallest absolute Gasteiger partial charge is 0.264 e. The van der Waals surface area contributed by atoms with Crippen molar-refractivity contribution in [3.63, 3.8) is 0 Å². The van der Waals surface area contributed by atoms with E-state index in [1.54, 1.807) is 11.8 Å². The first-order chi connectivity index (χ1) is 11.7. The Kier molecular flexibility index (Phi) is 6.09. The Labute approximate surface area is 150 Å². The van der Waals surface area contributed by atoms with Crippen molar-refractivity contribution >= 4 is 11.8 Å². The Hall–Kier alpha value is -2.04. The molecule has 1 fully saturated rings. The van der Waals surface area contributed by atoms with E-state index in [1.807, 2.05) is 24.3 Å². The molecule has 1 aromatic carbocycles. The van der Waals surface area contributed by atoms with Gasteiger partial charge in [0.25, 0.3) is 5.91 Å². The van der Waals surface area contributed by atoms with Crippen LogP contribution in [0.3, 0.4) is 0 Å². The van der Waals surface area contributed by atoms with Gasteiger partial charge in [-0.1, -0.05) is 45.7 Å². The average molecular weight is 346 g/mol. The third kappa shape index (κ3) is 5.21. The third-order valence-corrected chi connectivity index (χ3v) is 4.76. The van der Waals surface area contributed by atoms with Gasteiger partial charge in [-0.25, -0.2) is 0 Å². The highest BCUT2D eigenvalue weighted by Gasteiger charge is 2.31. The number of carbonyl (C=O) groups is 2. The zero-order valence-corrected chi connectivity index (χ0v) is 15.7. The van der Waals surface area contributed by atoms with Gasteiger partial charge in [-0.15, -0.1) is 0 Å². The molecule has 25 heavy (non-hydrogen) atoms. The highest BCUT2D eigenvalue weighted by molar-refractivity contribution is 5.86. The summed E-state index contributed by atoms with van der Waals surface area (Å²) in [5.41, 5.74) is 6.61. The van der Waals surface area contributed by atoms with Crippen molar-refractivity contribution in [1.29, 1.82) is 0 Å². The molecule has 0 bridgehead atoms. The van der Waals surface area contributed by atoms with Gasteiger partial charge < -0.3 is 15.4 Å². The molecule has 1 aliphatic rings. The van der Waals surface area contributed by atoms with Crippen molar-refractivity contribution < 1.29 is 14.3 Å². The predicted octanol–water partition coefficient (Wildman–Crippen LogP) is 3.01. The van der Waals surface area contributed by atoms with E-state index in [0.717, 1.165) is 25.7 Å². The molecule has 0 spiro atoms. The lowest BCUT2D eigenvalue weighted by Gasteiger charge is -2.30. The number of carbonyl (C=O) groups excluding carboxylic acids is 2. The number of hydrogen-bond acceptors (Lipinski definition) is 3. The van der Waals surface area contributed by atoms with Gasteiger partial charge in [0.05, 0.1) is 6.54 Å². The molecule has 1 unspecified atom stereocenters. The molecule has 2 rings (SSSR count). The van der Waals surface area contributed by atoms with Crippen LogP contribution in [0.1, 0.15) is 58.9 Å². The fraction of sp³-hybridized carbons (Fsp3) is 0.600. The van der Waals surface area contributed by atoms with E-state index in [0.29, 0.717) is 5.75 Å². The van der Waals surface area contributed by atoms with Crippen molar-refractivity contribution in [1.82, 2.24) is 4.90 Å². The lowest BCUT2D eigenvalue weighted by molar-refractivity contribution is -0.143. The first-order valence-electron chi connectivity index (χ1n) is 9.04. The Bertz CT molecular complexity index is 598. The Morgan fingerprint density at radius 3 is 2.24 bits per heavy atom. The van der Waals surface area contributed by atoms with Gasteiger partial charge in [-0.3, -0.25) is 9.59 Å². The Morgan fingerprint density at radius 1 is 1.20 bits per heavy atom. The molecule has 138 valence electrons. The van der Waals surface area contributed by atoms with E-state index in [4.69, 9.17) is 10.5 Å². The zero-order valence-electron chi connectivity index (χ0n) is 15.7. The number of primary amides is 1. The summed E-state index contributed by atoms with van der Waals surface area (Å²) in [6.45, 7) is 8.14. The fourth-order valence-corrected chi connectivity index (χ4v) is 3.29. The van der Waals surface area contributed by atoms with Gasteiger partial charge >= 0.3 is 0 Å². The number of rotatable bonds is 6.